The third-order valence-corrected chi connectivity index (χ3v) is 7.60. The number of hydrogen-bond donors (Lipinski definition) is 0. The number of pyridine rings is 1. The number of sulfonamides is 1. The smallest absolute Gasteiger partial charge is 0.254 e. The SMILES string of the molecule is O=C(c1ccc(S(=O)(=O)N2CCCC2)cc1)N(CCc1ccccc1)Cc1ccccn1. The van der Waals surface area contributed by atoms with Crippen LogP contribution < -0.4 is 0 Å². The molecule has 32 heavy (non-hydrogen) atoms. The predicted molar refractivity (Wildman–Crippen MR) is 124 cm³/mol. The van der Waals surface area contributed by atoms with Gasteiger partial charge in [0, 0.05) is 31.4 Å². The van der Waals surface area contributed by atoms with E-state index in [1.54, 1.807) is 23.2 Å². The molecule has 3 aromatic rings. The van der Waals surface area contributed by atoms with Gasteiger partial charge in [-0.15, -0.1) is 0 Å². The minimum absolute atomic E-state index is 0.142. The highest BCUT2D eigenvalue weighted by Crippen LogP contribution is 2.22. The summed E-state index contributed by atoms with van der Waals surface area (Å²) >= 11 is 0. The first-order valence-electron chi connectivity index (χ1n) is 10.9. The second-order valence-electron chi connectivity index (χ2n) is 7.92. The van der Waals surface area contributed by atoms with Crippen LogP contribution in [0.3, 0.4) is 0 Å². The molecule has 4 rings (SSSR count). The summed E-state index contributed by atoms with van der Waals surface area (Å²) in [7, 11) is -3.50. The summed E-state index contributed by atoms with van der Waals surface area (Å²) in [5.41, 5.74) is 2.43. The van der Waals surface area contributed by atoms with Gasteiger partial charge in [-0.25, -0.2) is 8.42 Å². The van der Waals surface area contributed by atoms with Gasteiger partial charge in [-0.1, -0.05) is 36.4 Å². The Morgan fingerprint density at radius 1 is 0.906 bits per heavy atom. The van der Waals surface area contributed by atoms with Gasteiger partial charge < -0.3 is 4.90 Å². The molecule has 1 amide bonds. The van der Waals surface area contributed by atoms with E-state index in [1.807, 2.05) is 48.5 Å². The lowest BCUT2D eigenvalue weighted by Crippen LogP contribution is -2.33. The minimum Gasteiger partial charge on any atom is -0.332 e. The molecule has 0 unspecified atom stereocenters. The van der Waals surface area contributed by atoms with Crippen LogP contribution in [0.2, 0.25) is 0 Å². The highest BCUT2D eigenvalue weighted by molar-refractivity contribution is 7.89. The average molecular weight is 450 g/mol. The van der Waals surface area contributed by atoms with Crippen molar-refractivity contribution in [3.05, 3.63) is 95.8 Å². The van der Waals surface area contributed by atoms with Crippen LogP contribution in [0.1, 0.15) is 34.5 Å². The summed E-state index contributed by atoms with van der Waals surface area (Å²) in [6, 6.07) is 22.0. The van der Waals surface area contributed by atoms with Crippen LogP contribution in [0.15, 0.2) is 83.9 Å². The largest absolute Gasteiger partial charge is 0.332 e. The maximum absolute atomic E-state index is 13.3. The van der Waals surface area contributed by atoms with Crippen LogP contribution in [-0.2, 0) is 23.0 Å². The second kappa shape index (κ2) is 10.1. The number of rotatable bonds is 8. The molecule has 1 saturated heterocycles. The van der Waals surface area contributed by atoms with Gasteiger partial charge >= 0.3 is 0 Å². The fourth-order valence-corrected chi connectivity index (χ4v) is 5.40. The Morgan fingerprint density at radius 2 is 1.59 bits per heavy atom. The van der Waals surface area contributed by atoms with Gasteiger partial charge in [0.05, 0.1) is 17.1 Å². The van der Waals surface area contributed by atoms with E-state index in [-0.39, 0.29) is 10.8 Å². The third kappa shape index (κ3) is 5.23. The lowest BCUT2D eigenvalue weighted by Gasteiger charge is -2.23. The van der Waals surface area contributed by atoms with Gasteiger partial charge in [-0.2, -0.15) is 4.31 Å². The maximum Gasteiger partial charge on any atom is 0.254 e. The van der Waals surface area contributed by atoms with E-state index < -0.39 is 10.0 Å². The van der Waals surface area contributed by atoms with Gasteiger partial charge in [0.25, 0.3) is 5.91 Å². The Bertz CT molecular complexity index is 1130. The lowest BCUT2D eigenvalue weighted by atomic mass is 10.1. The summed E-state index contributed by atoms with van der Waals surface area (Å²) in [6.45, 7) is 2.04. The van der Waals surface area contributed by atoms with Crippen LogP contribution in [0, 0.1) is 0 Å². The van der Waals surface area contributed by atoms with Crippen molar-refractivity contribution in [2.45, 2.75) is 30.7 Å². The van der Waals surface area contributed by atoms with Gasteiger partial charge in [-0.05, 0) is 61.2 Å². The molecule has 6 nitrogen and oxygen atoms in total. The lowest BCUT2D eigenvalue weighted by molar-refractivity contribution is 0.0743. The fourth-order valence-electron chi connectivity index (χ4n) is 3.88. The second-order valence-corrected chi connectivity index (χ2v) is 9.86. The van der Waals surface area contributed by atoms with Crippen molar-refractivity contribution < 1.29 is 13.2 Å². The first-order chi connectivity index (χ1) is 15.5. The average Bonchev–Trinajstić information content (AvgIpc) is 3.39. The Labute approximate surface area is 189 Å². The quantitative estimate of drug-likeness (QED) is 0.525. The number of nitrogens with zero attached hydrogens (tertiary/aromatic N) is 3. The fraction of sp³-hybridized carbons (Fsp3) is 0.280. The van der Waals surface area contributed by atoms with Crippen LogP contribution >= 0.6 is 0 Å². The number of amides is 1. The molecule has 2 aromatic carbocycles. The monoisotopic (exact) mass is 449 g/mol. The summed E-state index contributed by atoms with van der Waals surface area (Å²) < 4.78 is 27.1. The molecular weight excluding hydrogens is 422 g/mol. The molecule has 2 heterocycles. The van der Waals surface area contributed by atoms with Gasteiger partial charge in [-0.3, -0.25) is 9.78 Å². The molecule has 1 fully saturated rings. The van der Waals surface area contributed by atoms with E-state index >= 15 is 0 Å². The van der Waals surface area contributed by atoms with Crippen molar-refractivity contribution in [1.29, 1.82) is 0 Å². The number of hydrogen-bond acceptors (Lipinski definition) is 4. The molecule has 1 aromatic heterocycles. The van der Waals surface area contributed by atoms with Crippen molar-refractivity contribution in [2.75, 3.05) is 19.6 Å². The molecule has 0 aliphatic carbocycles. The van der Waals surface area contributed by atoms with Crippen LogP contribution in [0.4, 0.5) is 0 Å². The minimum atomic E-state index is -3.50. The van der Waals surface area contributed by atoms with Crippen LogP contribution in [0.5, 0.6) is 0 Å². The zero-order chi connectivity index (χ0) is 22.4. The Balaban J connectivity index is 1.52. The standard InChI is InChI=1S/C25H27N3O3S/c29-25(22-11-13-24(14-12-22)32(30,31)28-17-6-7-18-28)27(20-23-10-4-5-16-26-23)19-15-21-8-2-1-3-9-21/h1-5,8-14,16H,6-7,15,17-20H2. The van der Waals surface area contributed by atoms with E-state index in [0.29, 0.717) is 31.7 Å². The third-order valence-electron chi connectivity index (χ3n) is 5.68. The van der Waals surface area contributed by atoms with E-state index in [2.05, 4.69) is 4.98 Å². The maximum atomic E-state index is 13.3. The predicted octanol–water partition coefficient (Wildman–Crippen LogP) is 3.75. The highest BCUT2D eigenvalue weighted by atomic mass is 32.2. The summed E-state index contributed by atoms with van der Waals surface area (Å²) in [5, 5.41) is 0. The van der Waals surface area contributed by atoms with Crippen molar-refractivity contribution in [3.8, 4) is 0 Å². The normalized spacial score (nSPS) is 14.4. The Kier molecular flexibility index (Phi) is 6.97. The van der Waals surface area contributed by atoms with Crippen LogP contribution in [0.25, 0.3) is 0 Å². The highest BCUT2D eigenvalue weighted by Gasteiger charge is 2.27. The zero-order valence-corrected chi connectivity index (χ0v) is 18.7. The Hall–Kier alpha value is -3.03. The molecule has 0 atom stereocenters. The Morgan fingerprint density at radius 3 is 2.25 bits per heavy atom. The molecule has 7 heteroatoms. The van der Waals surface area contributed by atoms with Crippen molar-refractivity contribution in [1.82, 2.24) is 14.2 Å². The molecule has 0 spiro atoms. The molecule has 0 bridgehead atoms. The molecule has 166 valence electrons. The molecule has 0 saturated carbocycles. The van der Waals surface area contributed by atoms with E-state index in [0.717, 1.165) is 30.5 Å². The molecular formula is C25H27N3O3S. The number of carbonyl (C=O) groups is 1. The zero-order valence-electron chi connectivity index (χ0n) is 17.9. The summed E-state index contributed by atoms with van der Waals surface area (Å²) in [4.78, 5) is 19.7. The number of carbonyl (C=O) groups excluding carboxylic acids is 1. The molecule has 0 radical (unpaired) electrons. The molecule has 1 aliphatic rings. The molecule has 0 N–H and O–H groups in total. The topological polar surface area (TPSA) is 70.6 Å². The van der Waals surface area contributed by atoms with Crippen molar-refractivity contribution in [2.24, 2.45) is 0 Å². The van der Waals surface area contributed by atoms with E-state index in [4.69, 9.17) is 0 Å². The van der Waals surface area contributed by atoms with Crippen molar-refractivity contribution in [3.63, 3.8) is 0 Å². The van der Waals surface area contributed by atoms with Crippen molar-refractivity contribution >= 4 is 15.9 Å². The van der Waals surface area contributed by atoms with Crippen LogP contribution in [-0.4, -0.2) is 48.1 Å². The number of aromatic nitrogens is 1. The van der Waals surface area contributed by atoms with E-state index in [9.17, 15) is 13.2 Å². The van der Waals surface area contributed by atoms with Gasteiger partial charge in [0.15, 0.2) is 0 Å². The van der Waals surface area contributed by atoms with E-state index in [1.165, 1.54) is 16.4 Å². The first-order valence-corrected chi connectivity index (χ1v) is 12.3. The van der Waals surface area contributed by atoms with Gasteiger partial charge in [0.1, 0.15) is 0 Å². The first kappa shape index (κ1) is 22.2. The molecule has 1 aliphatic heterocycles. The summed E-state index contributed by atoms with van der Waals surface area (Å²) in [5.74, 6) is -0.142. The summed E-state index contributed by atoms with van der Waals surface area (Å²) in [6.07, 6.45) is 4.22. The van der Waals surface area contributed by atoms with Gasteiger partial charge in [0.2, 0.25) is 10.0 Å². The number of benzene rings is 2.